The molecule has 4 heterocycles. The van der Waals surface area contributed by atoms with E-state index in [1.165, 1.54) is 35.5 Å². The first-order valence-electron chi connectivity index (χ1n) is 9.68. The molecule has 0 bridgehead atoms. The van der Waals surface area contributed by atoms with Gasteiger partial charge < -0.3 is 21.0 Å². The highest BCUT2D eigenvalue weighted by molar-refractivity contribution is 8.08. The van der Waals surface area contributed by atoms with E-state index in [1.54, 1.807) is 29.2 Å². The summed E-state index contributed by atoms with van der Waals surface area (Å²) < 4.78 is 0. The molecule has 14 heteroatoms. The monoisotopic (exact) mass is 518 g/mol. The van der Waals surface area contributed by atoms with Crippen molar-refractivity contribution in [2.75, 3.05) is 18.6 Å². The first kappa shape index (κ1) is 23.8. The van der Waals surface area contributed by atoms with Crippen molar-refractivity contribution in [1.82, 2.24) is 20.2 Å². The van der Waals surface area contributed by atoms with Gasteiger partial charge in [0.05, 0.1) is 0 Å². The van der Waals surface area contributed by atoms with Crippen molar-refractivity contribution in [3.05, 3.63) is 57.2 Å². The fourth-order valence-corrected chi connectivity index (χ4v) is 6.16. The van der Waals surface area contributed by atoms with Crippen LogP contribution in [-0.2, 0) is 19.2 Å². The number of hydrogen-bond donors (Lipinski definition) is 3. The van der Waals surface area contributed by atoms with E-state index in [4.69, 9.17) is 10.6 Å². The molecule has 1 fully saturated rings. The van der Waals surface area contributed by atoms with E-state index in [0.717, 1.165) is 16.9 Å². The number of carbonyl (C=O) groups is 3. The summed E-state index contributed by atoms with van der Waals surface area (Å²) in [7, 11) is 1.28. The molecular weight excluding hydrogens is 500 g/mol. The zero-order valence-corrected chi connectivity index (χ0v) is 20.0. The summed E-state index contributed by atoms with van der Waals surface area (Å²) >= 11 is 3.73. The molecule has 2 aliphatic rings. The molecule has 2 amide bonds. The number of carbonyl (C=O) groups excluding carboxylic acids is 2. The van der Waals surface area contributed by atoms with Crippen molar-refractivity contribution < 1.29 is 24.3 Å². The Balaban J connectivity index is 1.48. The number of fused-ring (bicyclic) bond motifs is 1. The third-order valence-electron chi connectivity index (χ3n) is 4.74. The van der Waals surface area contributed by atoms with Gasteiger partial charge >= 0.3 is 5.97 Å². The number of β-lactam (4-membered cyclic amide) rings is 1. The van der Waals surface area contributed by atoms with Crippen LogP contribution in [-0.4, -0.2) is 67.7 Å². The average Bonchev–Trinajstić information content (AvgIpc) is 3.26. The molecule has 11 nitrogen and oxygen atoms in total. The highest BCUT2D eigenvalue weighted by atomic mass is 32.2. The van der Waals surface area contributed by atoms with Gasteiger partial charge in [-0.2, -0.15) is 0 Å². The smallest absolute Gasteiger partial charge is 0.353 e. The van der Waals surface area contributed by atoms with E-state index in [2.05, 4.69) is 20.4 Å². The highest BCUT2D eigenvalue weighted by Crippen LogP contribution is 2.43. The summed E-state index contributed by atoms with van der Waals surface area (Å²) in [4.78, 5) is 52.2. The number of nitrogens with one attached hydrogen (secondary N) is 1. The van der Waals surface area contributed by atoms with Crippen LogP contribution in [0.25, 0.3) is 6.08 Å². The Hall–Kier alpha value is -3.36. The molecule has 4 N–H and O–H groups in total. The van der Waals surface area contributed by atoms with Gasteiger partial charge in [-0.25, -0.2) is 9.78 Å². The van der Waals surface area contributed by atoms with Crippen molar-refractivity contribution in [3.8, 4) is 0 Å². The lowest BCUT2D eigenvalue weighted by molar-refractivity contribution is -0.150. The first-order valence-corrected chi connectivity index (χ1v) is 12.5. The number of nitrogens with two attached hydrogens (primary N) is 1. The third-order valence-corrected chi connectivity index (χ3v) is 7.77. The van der Waals surface area contributed by atoms with Gasteiger partial charge in [0.1, 0.15) is 29.9 Å². The number of thiazole rings is 1. The van der Waals surface area contributed by atoms with Gasteiger partial charge in [0.15, 0.2) is 10.8 Å². The third kappa shape index (κ3) is 4.78. The second-order valence-electron chi connectivity index (χ2n) is 6.84. The number of nitrogen functional groups attached to an aromatic ring is 1. The molecule has 0 aliphatic carbocycles. The standard InChI is InChI=1S/C20H18N6O5S3/c1-31-25-13(11-8-34-20(21)23-11)16(27)24-14-17(28)26-15(19(29)30)12(9-33-18(14)26)32-6-4-10-3-2-5-22-7-10/h2-8,14,18H,9H2,1H3,(H2,21,23)(H,24,27)(H,29,30)/b6-4-,25-13-/t14?,18-/m1/s1. The summed E-state index contributed by atoms with van der Waals surface area (Å²) in [6.07, 6.45) is 5.15. The van der Waals surface area contributed by atoms with Crippen LogP contribution in [0.15, 0.2) is 51.1 Å². The maximum absolute atomic E-state index is 12.9. The van der Waals surface area contributed by atoms with Crippen LogP contribution in [0.4, 0.5) is 5.13 Å². The maximum atomic E-state index is 12.9. The second kappa shape index (κ2) is 10.3. The van der Waals surface area contributed by atoms with E-state index >= 15 is 0 Å². The SMILES string of the molecule is CO/N=C(\C(=O)NC1C(=O)N2C(C(=O)O)=C(S/C=C\c3cccnc3)CS[C@H]12)c1csc(N)n1. The maximum Gasteiger partial charge on any atom is 0.353 e. The van der Waals surface area contributed by atoms with Crippen molar-refractivity contribution in [3.63, 3.8) is 0 Å². The number of pyridine rings is 1. The summed E-state index contributed by atoms with van der Waals surface area (Å²) in [5.41, 5.74) is 6.50. The number of anilines is 1. The Morgan fingerprint density at radius 3 is 2.94 bits per heavy atom. The summed E-state index contributed by atoms with van der Waals surface area (Å²) in [5, 5.41) is 19.1. The van der Waals surface area contributed by atoms with Crippen LogP contribution in [0, 0.1) is 0 Å². The quantitative estimate of drug-likeness (QED) is 0.266. The molecule has 34 heavy (non-hydrogen) atoms. The zero-order valence-electron chi connectivity index (χ0n) is 17.6. The fourth-order valence-electron chi connectivity index (χ4n) is 3.25. The van der Waals surface area contributed by atoms with E-state index < -0.39 is 29.2 Å². The lowest BCUT2D eigenvalue weighted by Crippen LogP contribution is -2.71. The van der Waals surface area contributed by atoms with Gasteiger partial charge in [-0.15, -0.1) is 23.1 Å². The van der Waals surface area contributed by atoms with E-state index in [-0.39, 0.29) is 22.2 Å². The normalized spacial score (nSPS) is 20.2. The van der Waals surface area contributed by atoms with Gasteiger partial charge in [0.25, 0.3) is 11.8 Å². The Labute approximate surface area is 206 Å². The zero-order chi connectivity index (χ0) is 24.2. The van der Waals surface area contributed by atoms with E-state index in [1.807, 2.05) is 12.1 Å². The minimum Gasteiger partial charge on any atom is -0.477 e. The van der Waals surface area contributed by atoms with Crippen LogP contribution in [0.3, 0.4) is 0 Å². The molecule has 2 aromatic rings. The number of carboxylic acids is 1. The minimum absolute atomic E-state index is 0.0851. The number of carboxylic acid groups (broad SMARTS) is 1. The molecule has 2 aliphatic heterocycles. The van der Waals surface area contributed by atoms with Gasteiger partial charge in [-0.05, 0) is 23.1 Å². The van der Waals surface area contributed by atoms with Crippen molar-refractivity contribution >= 4 is 69.6 Å². The summed E-state index contributed by atoms with van der Waals surface area (Å²) in [6.45, 7) is 0. The molecule has 0 saturated carbocycles. The van der Waals surface area contributed by atoms with Gasteiger partial charge in [-0.3, -0.25) is 19.5 Å². The average molecular weight is 519 g/mol. The van der Waals surface area contributed by atoms with Crippen LogP contribution >= 0.6 is 34.9 Å². The van der Waals surface area contributed by atoms with Crippen LogP contribution < -0.4 is 11.1 Å². The van der Waals surface area contributed by atoms with Gasteiger partial charge in [0, 0.05) is 28.4 Å². The molecule has 0 aromatic carbocycles. The predicted octanol–water partition coefficient (Wildman–Crippen LogP) is 1.57. The molecule has 2 atom stereocenters. The Morgan fingerprint density at radius 2 is 2.29 bits per heavy atom. The minimum atomic E-state index is -1.21. The number of nitrogens with zero attached hydrogens (tertiary/aromatic N) is 4. The predicted molar refractivity (Wildman–Crippen MR) is 131 cm³/mol. The molecular formula is C20H18N6O5S3. The number of rotatable bonds is 8. The number of aliphatic carboxylic acids is 1. The van der Waals surface area contributed by atoms with Crippen LogP contribution in [0.5, 0.6) is 0 Å². The molecule has 2 aromatic heterocycles. The number of oxime groups is 1. The van der Waals surface area contributed by atoms with Crippen molar-refractivity contribution in [1.29, 1.82) is 0 Å². The molecule has 4 rings (SSSR count). The van der Waals surface area contributed by atoms with E-state index in [0.29, 0.717) is 10.7 Å². The molecule has 176 valence electrons. The number of hydrogen-bond acceptors (Lipinski definition) is 11. The molecule has 0 radical (unpaired) electrons. The van der Waals surface area contributed by atoms with Crippen LogP contribution in [0.1, 0.15) is 11.3 Å². The lowest BCUT2D eigenvalue weighted by atomic mass is 10.0. The van der Waals surface area contributed by atoms with Crippen molar-refractivity contribution in [2.45, 2.75) is 11.4 Å². The second-order valence-corrected chi connectivity index (χ2v) is 9.83. The fraction of sp³-hybridized carbons (Fsp3) is 0.200. The number of aromatic nitrogens is 2. The molecule has 1 unspecified atom stereocenters. The van der Waals surface area contributed by atoms with E-state index in [9.17, 15) is 19.5 Å². The topological polar surface area (TPSA) is 160 Å². The number of thioether (sulfide) groups is 2. The Morgan fingerprint density at radius 1 is 1.47 bits per heavy atom. The van der Waals surface area contributed by atoms with Crippen LogP contribution in [0.2, 0.25) is 0 Å². The summed E-state index contributed by atoms with van der Waals surface area (Å²) in [5.74, 6) is -2.04. The van der Waals surface area contributed by atoms with Gasteiger partial charge in [0.2, 0.25) is 0 Å². The highest BCUT2D eigenvalue weighted by Gasteiger charge is 2.54. The first-order chi connectivity index (χ1) is 16.4. The Kier molecular flexibility index (Phi) is 7.19. The lowest BCUT2D eigenvalue weighted by Gasteiger charge is -2.49. The largest absolute Gasteiger partial charge is 0.477 e. The van der Waals surface area contributed by atoms with Gasteiger partial charge in [-0.1, -0.05) is 23.0 Å². The molecule has 0 spiro atoms. The number of amides is 2. The summed E-state index contributed by atoms with van der Waals surface area (Å²) in [6, 6.07) is 2.75. The Bertz CT molecular complexity index is 1210. The van der Waals surface area contributed by atoms with Crippen molar-refractivity contribution in [2.24, 2.45) is 5.16 Å². The molecule has 1 saturated heterocycles.